The van der Waals surface area contributed by atoms with E-state index in [0.717, 1.165) is 37.2 Å². The minimum Gasteiger partial charge on any atom is -0.497 e. The number of amidine groups is 1. The van der Waals surface area contributed by atoms with E-state index in [1.54, 1.807) is 7.11 Å². The van der Waals surface area contributed by atoms with Gasteiger partial charge in [-0.2, -0.15) is 0 Å². The zero-order chi connectivity index (χ0) is 15.0. The first kappa shape index (κ1) is 16.5. The van der Waals surface area contributed by atoms with Gasteiger partial charge in [-0.05, 0) is 30.5 Å². The van der Waals surface area contributed by atoms with E-state index in [1.165, 1.54) is 0 Å². The fourth-order valence-corrected chi connectivity index (χ4v) is 1.86. The van der Waals surface area contributed by atoms with Crippen molar-refractivity contribution in [3.63, 3.8) is 0 Å². The Kier molecular flexibility index (Phi) is 6.52. The van der Waals surface area contributed by atoms with Crippen molar-refractivity contribution >= 4 is 5.84 Å². The lowest BCUT2D eigenvalue weighted by Crippen LogP contribution is -2.30. The van der Waals surface area contributed by atoms with Gasteiger partial charge in [0.1, 0.15) is 5.75 Å². The summed E-state index contributed by atoms with van der Waals surface area (Å²) in [5.41, 5.74) is 6.47. The molecule has 20 heavy (non-hydrogen) atoms. The van der Waals surface area contributed by atoms with Gasteiger partial charge in [-0.1, -0.05) is 32.4 Å². The third kappa shape index (κ3) is 5.61. The Hall–Kier alpha value is -1.55. The minimum absolute atomic E-state index is 0.202. The number of hydrogen-bond acceptors (Lipinski definition) is 3. The Morgan fingerprint density at radius 3 is 2.70 bits per heavy atom. The predicted octanol–water partition coefficient (Wildman–Crippen LogP) is 3.34. The van der Waals surface area contributed by atoms with Crippen molar-refractivity contribution in [3.8, 4) is 5.75 Å². The molecule has 0 saturated heterocycles. The first-order valence-corrected chi connectivity index (χ1v) is 7.01. The lowest BCUT2D eigenvalue weighted by molar-refractivity contribution is 0.115. The molecule has 0 amide bonds. The van der Waals surface area contributed by atoms with Crippen molar-refractivity contribution in [2.45, 2.75) is 39.7 Å². The molecule has 0 radical (unpaired) electrons. The lowest BCUT2D eigenvalue weighted by atomic mass is 9.86. The summed E-state index contributed by atoms with van der Waals surface area (Å²) in [6, 6.07) is 7.90. The average Bonchev–Trinajstić information content (AvgIpc) is 2.42. The van der Waals surface area contributed by atoms with Crippen LogP contribution in [-0.2, 0) is 11.3 Å². The van der Waals surface area contributed by atoms with Gasteiger partial charge in [0.25, 0.3) is 0 Å². The first-order chi connectivity index (χ1) is 9.45. The van der Waals surface area contributed by atoms with E-state index in [4.69, 9.17) is 20.6 Å². The molecule has 112 valence electrons. The van der Waals surface area contributed by atoms with E-state index in [0.29, 0.717) is 6.61 Å². The predicted molar refractivity (Wildman–Crippen MR) is 82.2 cm³/mol. The van der Waals surface area contributed by atoms with E-state index in [1.807, 2.05) is 38.1 Å². The minimum atomic E-state index is -0.202. The second-order valence-corrected chi connectivity index (χ2v) is 5.66. The monoisotopic (exact) mass is 278 g/mol. The standard InChI is InChI=1S/C16H26N2O2/c1-16(2,15(17)18)9-4-5-10-20-12-13-7-6-8-14(11-13)19-3/h6-8,11H,4-5,9-10,12H2,1-3H3,(H3,17,18). The molecule has 0 bridgehead atoms. The molecule has 0 unspecified atom stereocenters. The van der Waals surface area contributed by atoms with Crippen molar-refractivity contribution < 1.29 is 9.47 Å². The molecule has 4 nitrogen and oxygen atoms in total. The lowest BCUT2D eigenvalue weighted by Gasteiger charge is -2.22. The van der Waals surface area contributed by atoms with Gasteiger partial charge >= 0.3 is 0 Å². The van der Waals surface area contributed by atoms with Gasteiger partial charge in [0, 0.05) is 12.0 Å². The smallest absolute Gasteiger partial charge is 0.119 e. The van der Waals surface area contributed by atoms with Crippen LogP contribution in [0.15, 0.2) is 24.3 Å². The number of unbranched alkanes of at least 4 members (excludes halogenated alkanes) is 1. The van der Waals surface area contributed by atoms with Crippen LogP contribution in [-0.4, -0.2) is 19.6 Å². The second kappa shape index (κ2) is 7.90. The molecule has 1 aromatic rings. The molecule has 0 aliphatic carbocycles. The summed E-state index contributed by atoms with van der Waals surface area (Å²) in [6.07, 6.45) is 2.93. The molecule has 0 aromatic heterocycles. The third-order valence-electron chi connectivity index (χ3n) is 3.47. The van der Waals surface area contributed by atoms with Crippen LogP contribution in [0.5, 0.6) is 5.75 Å². The van der Waals surface area contributed by atoms with Crippen molar-refractivity contribution in [1.29, 1.82) is 5.41 Å². The van der Waals surface area contributed by atoms with Crippen LogP contribution in [0.3, 0.4) is 0 Å². The van der Waals surface area contributed by atoms with Gasteiger partial charge < -0.3 is 15.2 Å². The van der Waals surface area contributed by atoms with E-state index < -0.39 is 0 Å². The van der Waals surface area contributed by atoms with Gasteiger partial charge in [0.05, 0.1) is 19.6 Å². The highest BCUT2D eigenvalue weighted by Crippen LogP contribution is 2.22. The summed E-state index contributed by atoms with van der Waals surface area (Å²) in [7, 11) is 1.66. The Morgan fingerprint density at radius 1 is 1.30 bits per heavy atom. The maximum atomic E-state index is 7.50. The molecule has 0 fully saturated rings. The van der Waals surface area contributed by atoms with Crippen LogP contribution < -0.4 is 10.5 Å². The maximum absolute atomic E-state index is 7.50. The Bertz CT molecular complexity index is 430. The first-order valence-electron chi connectivity index (χ1n) is 7.01. The molecule has 0 aliphatic rings. The highest BCUT2D eigenvalue weighted by molar-refractivity contribution is 5.82. The van der Waals surface area contributed by atoms with Crippen molar-refractivity contribution in [3.05, 3.63) is 29.8 Å². The number of nitrogens with two attached hydrogens (primary N) is 1. The number of rotatable bonds is 9. The molecule has 0 heterocycles. The summed E-state index contributed by atoms with van der Waals surface area (Å²) in [4.78, 5) is 0. The average molecular weight is 278 g/mol. The van der Waals surface area contributed by atoms with Gasteiger partial charge in [0.15, 0.2) is 0 Å². The van der Waals surface area contributed by atoms with Gasteiger partial charge in [0.2, 0.25) is 0 Å². The van der Waals surface area contributed by atoms with Crippen molar-refractivity contribution in [1.82, 2.24) is 0 Å². The van der Waals surface area contributed by atoms with Crippen LogP contribution in [0.4, 0.5) is 0 Å². The molecular weight excluding hydrogens is 252 g/mol. The molecule has 3 N–H and O–H groups in total. The van der Waals surface area contributed by atoms with E-state index in [2.05, 4.69) is 0 Å². The SMILES string of the molecule is COc1cccc(COCCCCC(C)(C)C(=N)N)c1. The summed E-state index contributed by atoms with van der Waals surface area (Å²) in [5.74, 6) is 1.11. The fourth-order valence-electron chi connectivity index (χ4n) is 1.86. The van der Waals surface area contributed by atoms with Crippen molar-refractivity contribution in [2.24, 2.45) is 11.1 Å². The van der Waals surface area contributed by atoms with Crippen LogP contribution in [0.25, 0.3) is 0 Å². The number of benzene rings is 1. The maximum Gasteiger partial charge on any atom is 0.119 e. The summed E-state index contributed by atoms with van der Waals surface area (Å²) < 4.78 is 10.8. The van der Waals surface area contributed by atoms with Crippen LogP contribution in [0.1, 0.15) is 38.7 Å². The quantitative estimate of drug-likeness (QED) is 0.413. The zero-order valence-electron chi connectivity index (χ0n) is 12.7. The van der Waals surface area contributed by atoms with E-state index >= 15 is 0 Å². The zero-order valence-corrected chi connectivity index (χ0v) is 12.7. The topological polar surface area (TPSA) is 68.3 Å². The van der Waals surface area contributed by atoms with Gasteiger partial charge in [-0.15, -0.1) is 0 Å². The molecule has 1 rings (SSSR count). The van der Waals surface area contributed by atoms with Crippen LogP contribution >= 0.6 is 0 Å². The van der Waals surface area contributed by atoms with Crippen molar-refractivity contribution in [2.75, 3.05) is 13.7 Å². The second-order valence-electron chi connectivity index (χ2n) is 5.66. The van der Waals surface area contributed by atoms with E-state index in [-0.39, 0.29) is 11.3 Å². The summed E-state index contributed by atoms with van der Waals surface area (Å²) >= 11 is 0. The number of ether oxygens (including phenoxy) is 2. The Labute approximate surface area is 121 Å². The highest BCUT2D eigenvalue weighted by atomic mass is 16.5. The third-order valence-corrected chi connectivity index (χ3v) is 3.47. The molecule has 4 heteroatoms. The number of nitrogens with one attached hydrogen (secondary N) is 1. The fraction of sp³-hybridized carbons (Fsp3) is 0.562. The molecular formula is C16H26N2O2. The van der Waals surface area contributed by atoms with Crippen LogP contribution in [0.2, 0.25) is 0 Å². The van der Waals surface area contributed by atoms with Gasteiger partial charge in [-0.25, -0.2) is 0 Å². The Morgan fingerprint density at radius 2 is 2.05 bits per heavy atom. The molecule has 0 atom stereocenters. The largest absolute Gasteiger partial charge is 0.497 e. The van der Waals surface area contributed by atoms with Gasteiger partial charge in [-0.3, -0.25) is 5.41 Å². The number of methoxy groups -OCH3 is 1. The molecule has 0 aliphatic heterocycles. The van der Waals surface area contributed by atoms with E-state index in [9.17, 15) is 0 Å². The molecule has 0 spiro atoms. The normalized spacial score (nSPS) is 11.3. The molecule has 1 aromatic carbocycles. The Balaban J connectivity index is 2.17. The number of hydrogen-bond donors (Lipinski definition) is 2. The van der Waals surface area contributed by atoms with Crippen LogP contribution in [0, 0.1) is 10.8 Å². The highest BCUT2D eigenvalue weighted by Gasteiger charge is 2.20. The summed E-state index contributed by atoms with van der Waals surface area (Å²) in [6.45, 7) is 5.34. The molecule has 0 saturated carbocycles. The summed E-state index contributed by atoms with van der Waals surface area (Å²) in [5, 5.41) is 7.50.